The van der Waals surface area contributed by atoms with Crippen LogP contribution < -0.4 is 5.32 Å². The molecule has 0 aliphatic carbocycles. The lowest BCUT2D eigenvalue weighted by atomic mass is 10.1. The molecule has 2 N–H and O–H groups in total. The van der Waals surface area contributed by atoms with Crippen LogP contribution in [0.3, 0.4) is 0 Å². The second-order valence-corrected chi connectivity index (χ2v) is 6.07. The highest BCUT2D eigenvalue weighted by Crippen LogP contribution is 2.44. The number of phenols is 1. The largest absolute Gasteiger partial charge is 0.508 e. The molecule has 0 radical (unpaired) electrons. The molecule has 3 rings (SSSR count). The number of fused-ring (bicyclic) bond motifs is 1. The van der Waals surface area contributed by atoms with E-state index in [1.807, 2.05) is 23.6 Å². The van der Waals surface area contributed by atoms with E-state index in [1.54, 1.807) is 35.2 Å². The fourth-order valence-electron chi connectivity index (χ4n) is 1.94. The summed E-state index contributed by atoms with van der Waals surface area (Å²) in [5, 5.41) is 14.4. The highest BCUT2D eigenvalue weighted by atomic mass is 32.2. The van der Waals surface area contributed by atoms with Gasteiger partial charge in [0.15, 0.2) is 0 Å². The number of phenolic OH excluding ortho intramolecular Hbond substituents is 1. The maximum absolute atomic E-state index is 11.6. The quantitative estimate of drug-likeness (QED) is 0.841. The molecular weight excluding hydrogens is 266 g/mol. The molecule has 2 heterocycles. The van der Waals surface area contributed by atoms with Gasteiger partial charge in [0.25, 0.3) is 0 Å². The highest BCUT2D eigenvalue weighted by Gasteiger charge is 2.25. The molecule has 1 aliphatic heterocycles. The van der Waals surface area contributed by atoms with Crippen LogP contribution >= 0.6 is 23.1 Å². The van der Waals surface area contributed by atoms with Gasteiger partial charge in [-0.25, -0.2) is 0 Å². The number of carbonyl (C=O) groups is 1. The number of hydrogen-bond donors (Lipinski definition) is 2. The van der Waals surface area contributed by atoms with E-state index in [-0.39, 0.29) is 16.9 Å². The molecule has 1 aromatic heterocycles. The Bertz CT molecular complexity index is 577. The topological polar surface area (TPSA) is 49.3 Å². The number of carbonyl (C=O) groups excluding carboxylic acids is 1. The van der Waals surface area contributed by atoms with Crippen LogP contribution in [0.1, 0.15) is 15.7 Å². The van der Waals surface area contributed by atoms with Gasteiger partial charge in [-0.05, 0) is 29.1 Å². The lowest BCUT2D eigenvalue weighted by Crippen LogP contribution is -2.11. The van der Waals surface area contributed by atoms with Gasteiger partial charge in [-0.3, -0.25) is 4.79 Å². The van der Waals surface area contributed by atoms with Crippen LogP contribution in [-0.2, 0) is 4.79 Å². The van der Waals surface area contributed by atoms with Crippen LogP contribution in [0, 0.1) is 0 Å². The molecule has 1 amide bonds. The van der Waals surface area contributed by atoms with Crippen molar-refractivity contribution in [3.63, 3.8) is 0 Å². The Hall–Kier alpha value is -1.46. The van der Waals surface area contributed by atoms with Crippen molar-refractivity contribution in [2.75, 3.05) is 11.1 Å². The zero-order valence-electron chi connectivity index (χ0n) is 9.42. The molecule has 5 heteroatoms. The summed E-state index contributed by atoms with van der Waals surface area (Å²) in [6.07, 6.45) is 0. The molecule has 18 heavy (non-hydrogen) atoms. The summed E-state index contributed by atoms with van der Waals surface area (Å²) < 4.78 is 0. The number of hydrogen-bond acceptors (Lipinski definition) is 4. The van der Waals surface area contributed by atoms with Crippen molar-refractivity contribution in [3.8, 4) is 5.75 Å². The molecule has 0 saturated heterocycles. The summed E-state index contributed by atoms with van der Waals surface area (Å²) in [5.74, 6) is 0.756. The molecule has 3 nitrogen and oxygen atoms in total. The summed E-state index contributed by atoms with van der Waals surface area (Å²) in [6, 6.07) is 9.13. The van der Waals surface area contributed by atoms with E-state index in [0.717, 1.165) is 16.1 Å². The maximum atomic E-state index is 11.6. The summed E-state index contributed by atoms with van der Waals surface area (Å²) in [7, 11) is 0. The van der Waals surface area contributed by atoms with E-state index in [4.69, 9.17) is 0 Å². The molecule has 1 aromatic carbocycles. The van der Waals surface area contributed by atoms with Crippen LogP contribution in [0.15, 0.2) is 35.7 Å². The first-order valence-corrected chi connectivity index (χ1v) is 7.44. The first-order valence-electron chi connectivity index (χ1n) is 5.52. The predicted molar refractivity (Wildman–Crippen MR) is 75.4 cm³/mol. The lowest BCUT2D eigenvalue weighted by Gasteiger charge is -2.13. The first kappa shape index (κ1) is 11.6. The standard InChI is InChI=1S/C13H11NO2S2/c15-9-3-1-8(2-4-9)12-13-10(5-6-17-13)14-11(16)7-18-12/h1-6,12,15H,7H2,(H,14,16). The van der Waals surface area contributed by atoms with Gasteiger partial charge in [-0.15, -0.1) is 23.1 Å². The number of aromatic hydroxyl groups is 1. The van der Waals surface area contributed by atoms with Crippen LogP contribution in [-0.4, -0.2) is 16.8 Å². The van der Waals surface area contributed by atoms with E-state index >= 15 is 0 Å². The summed E-state index contributed by atoms with van der Waals surface area (Å²) in [6.45, 7) is 0. The number of rotatable bonds is 1. The van der Waals surface area contributed by atoms with Crippen LogP contribution in [0.5, 0.6) is 5.75 Å². The Labute approximate surface area is 113 Å². The zero-order valence-corrected chi connectivity index (χ0v) is 11.1. The summed E-state index contributed by atoms with van der Waals surface area (Å²) in [5.41, 5.74) is 2.02. The van der Waals surface area contributed by atoms with Crippen LogP contribution in [0.4, 0.5) is 5.69 Å². The van der Waals surface area contributed by atoms with Gasteiger partial charge >= 0.3 is 0 Å². The first-order chi connectivity index (χ1) is 8.74. The van der Waals surface area contributed by atoms with Crippen LogP contribution in [0.25, 0.3) is 0 Å². The van der Waals surface area contributed by atoms with E-state index < -0.39 is 0 Å². The monoisotopic (exact) mass is 277 g/mol. The Morgan fingerprint density at radius 2 is 2.00 bits per heavy atom. The average Bonchev–Trinajstić information content (AvgIpc) is 2.74. The van der Waals surface area contributed by atoms with Gasteiger partial charge in [-0.2, -0.15) is 0 Å². The predicted octanol–water partition coefficient (Wildman–Crippen LogP) is 3.23. The zero-order chi connectivity index (χ0) is 12.5. The normalized spacial score (nSPS) is 18.9. The van der Waals surface area contributed by atoms with Crippen molar-refractivity contribution in [2.24, 2.45) is 0 Å². The van der Waals surface area contributed by atoms with Crippen molar-refractivity contribution < 1.29 is 9.90 Å². The van der Waals surface area contributed by atoms with Crippen molar-refractivity contribution in [1.29, 1.82) is 0 Å². The molecule has 1 aliphatic rings. The number of amides is 1. The van der Waals surface area contributed by atoms with Gasteiger partial charge in [-0.1, -0.05) is 12.1 Å². The molecule has 1 unspecified atom stereocenters. The molecular formula is C13H11NO2S2. The molecule has 92 valence electrons. The molecule has 0 fully saturated rings. The third-order valence-electron chi connectivity index (χ3n) is 2.78. The van der Waals surface area contributed by atoms with E-state index in [1.165, 1.54) is 0 Å². The van der Waals surface area contributed by atoms with Crippen molar-refractivity contribution in [2.45, 2.75) is 5.25 Å². The minimum Gasteiger partial charge on any atom is -0.508 e. The number of nitrogens with one attached hydrogen (secondary N) is 1. The minimum absolute atomic E-state index is 0.0425. The molecule has 0 spiro atoms. The molecule has 0 saturated carbocycles. The van der Waals surface area contributed by atoms with Crippen LogP contribution in [0.2, 0.25) is 0 Å². The highest BCUT2D eigenvalue weighted by molar-refractivity contribution is 8.00. The maximum Gasteiger partial charge on any atom is 0.234 e. The van der Waals surface area contributed by atoms with Gasteiger partial charge in [0.05, 0.1) is 16.7 Å². The van der Waals surface area contributed by atoms with Crippen molar-refractivity contribution in [1.82, 2.24) is 0 Å². The Balaban J connectivity index is 2.02. The lowest BCUT2D eigenvalue weighted by molar-refractivity contribution is -0.113. The summed E-state index contributed by atoms with van der Waals surface area (Å²) in [4.78, 5) is 12.8. The van der Waals surface area contributed by atoms with E-state index in [0.29, 0.717) is 5.75 Å². The second-order valence-electron chi connectivity index (χ2n) is 4.03. The third-order valence-corrected chi connectivity index (χ3v) is 5.19. The van der Waals surface area contributed by atoms with E-state index in [9.17, 15) is 9.90 Å². The third kappa shape index (κ3) is 2.11. The fraction of sp³-hybridized carbons (Fsp3) is 0.154. The number of benzene rings is 1. The SMILES string of the molecule is O=C1CSC(c2ccc(O)cc2)c2sccc2N1. The Kier molecular flexibility index (Phi) is 3.01. The Morgan fingerprint density at radius 1 is 1.22 bits per heavy atom. The fourth-order valence-corrected chi connectivity index (χ4v) is 4.19. The van der Waals surface area contributed by atoms with Gasteiger partial charge in [0.2, 0.25) is 5.91 Å². The van der Waals surface area contributed by atoms with E-state index in [2.05, 4.69) is 5.32 Å². The van der Waals surface area contributed by atoms with Gasteiger partial charge in [0, 0.05) is 4.88 Å². The molecule has 0 bridgehead atoms. The average molecular weight is 277 g/mol. The smallest absolute Gasteiger partial charge is 0.234 e. The summed E-state index contributed by atoms with van der Waals surface area (Å²) >= 11 is 3.26. The molecule has 2 aromatic rings. The second kappa shape index (κ2) is 4.66. The van der Waals surface area contributed by atoms with Gasteiger partial charge in [0.1, 0.15) is 5.75 Å². The minimum atomic E-state index is 0.0425. The van der Waals surface area contributed by atoms with Gasteiger partial charge < -0.3 is 10.4 Å². The number of anilines is 1. The Morgan fingerprint density at radius 3 is 2.78 bits per heavy atom. The van der Waals surface area contributed by atoms with Crippen molar-refractivity contribution >= 4 is 34.7 Å². The number of thioether (sulfide) groups is 1. The number of thiophene rings is 1. The van der Waals surface area contributed by atoms with Crippen molar-refractivity contribution in [3.05, 3.63) is 46.2 Å². The molecule has 1 atom stereocenters.